The summed E-state index contributed by atoms with van der Waals surface area (Å²) >= 11 is 1.47. The largest absolute Gasteiger partial charge is 0.383 e. The molecular formula is C24H29N3O4S2. The fraction of sp³-hybridized carbons (Fsp3) is 0.417. The van der Waals surface area contributed by atoms with E-state index in [2.05, 4.69) is 24.0 Å². The van der Waals surface area contributed by atoms with Crippen LogP contribution in [0.2, 0.25) is 0 Å². The van der Waals surface area contributed by atoms with Crippen LogP contribution in [0.4, 0.5) is 0 Å². The molecule has 0 unspecified atom stereocenters. The normalized spacial score (nSPS) is 15.9. The summed E-state index contributed by atoms with van der Waals surface area (Å²) in [6.07, 6.45) is 2.82. The van der Waals surface area contributed by atoms with Crippen molar-refractivity contribution in [2.45, 2.75) is 44.6 Å². The average molecular weight is 488 g/mol. The fourth-order valence-corrected chi connectivity index (χ4v) is 6.99. The Bertz CT molecular complexity index is 1330. The van der Waals surface area contributed by atoms with E-state index in [0.717, 1.165) is 40.6 Å². The van der Waals surface area contributed by atoms with Gasteiger partial charge in [-0.25, -0.2) is 8.42 Å². The number of ether oxygens (including phenoxy) is 1. The van der Waals surface area contributed by atoms with Gasteiger partial charge >= 0.3 is 0 Å². The number of carbonyl (C=O) groups excluding carboxylic acids is 1. The number of methoxy groups -OCH3 is 1. The third kappa shape index (κ3) is 4.96. The lowest BCUT2D eigenvalue weighted by Gasteiger charge is -2.25. The van der Waals surface area contributed by atoms with Crippen molar-refractivity contribution >= 4 is 37.5 Å². The number of hydrogen-bond acceptors (Lipinski definition) is 5. The van der Waals surface area contributed by atoms with Crippen molar-refractivity contribution in [2.75, 3.05) is 26.8 Å². The number of benzene rings is 2. The summed E-state index contributed by atoms with van der Waals surface area (Å²) in [4.78, 5) is 18.2. The number of carbonyl (C=O) groups is 1. The first-order chi connectivity index (χ1) is 15.8. The van der Waals surface area contributed by atoms with Crippen LogP contribution >= 0.6 is 11.3 Å². The van der Waals surface area contributed by atoms with E-state index in [1.54, 1.807) is 19.2 Å². The zero-order valence-corrected chi connectivity index (χ0v) is 20.8. The number of piperidine rings is 1. The van der Waals surface area contributed by atoms with Crippen LogP contribution in [0.1, 0.15) is 40.7 Å². The van der Waals surface area contributed by atoms with E-state index in [1.807, 2.05) is 11.5 Å². The number of amides is 1. The van der Waals surface area contributed by atoms with E-state index in [9.17, 15) is 13.2 Å². The molecule has 0 saturated carbocycles. The van der Waals surface area contributed by atoms with E-state index < -0.39 is 15.9 Å². The molecule has 1 aliphatic rings. The van der Waals surface area contributed by atoms with Crippen molar-refractivity contribution in [3.63, 3.8) is 0 Å². The molecule has 1 amide bonds. The van der Waals surface area contributed by atoms with Gasteiger partial charge in [-0.1, -0.05) is 23.8 Å². The number of sulfonamides is 1. The first kappa shape index (κ1) is 23.8. The Labute approximate surface area is 198 Å². The molecule has 4 rings (SSSR count). The molecule has 1 saturated heterocycles. The molecule has 0 bridgehead atoms. The number of aromatic nitrogens is 1. The Morgan fingerprint density at radius 2 is 1.79 bits per heavy atom. The number of hydrogen-bond donors (Lipinski definition) is 0. The molecule has 7 nitrogen and oxygen atoms in total. The molecule has 0 N–H and O–H groups in total. The highest BCUT2D eigenvalue weighted by Gasteiger charge is 2.26. The zero-order chi connectivity index (χ0) is 23.6. The van der Waals surface area contributed by atoms with Gasteiger partial charge < -0.3 is 9.30 Å². The second kappa shape index (κ2) is 9.89. The van der Waals surface area contributed by atoms with Gasteiger partial charge in [0, 0.05) is 32.3 Å². The number of nitrogens with zero attached hydrogens (tertiary/aromatic N) is 3. The van der Waals surface area contributed by atoms with E-state index in [-0.39, 0.29) is 4.90 Å². The van der Waals surface area contributed by atoms with Gasteiger partial charge in [0.2, 0.25) is 10.0 Å². The Morgan fingerprint density at radius 3 is 2.45 bits per heavy atom. The highest BCUT2D eigenvalue weighted by molar-refractivity contribution is 7.89. The van der Waals surface area contributed by atoms with Crippen LogP contribution in [0.15, 0.2) is 46.3 Å². The van der Waals surface area contributed by atoms with Gasteiger partial charge in [-0.2, -0.15) is 9.30 Å². The van der Waals surface area contributed by atoms with Gasteiger partial charge in [0.15, 0.2) is 4.80 Å². The molecule has 0 spiro atoms. The minimum absolute atomic E-state index is 0.212. The fourth-order valence-electron chi connectivity index (χ4n) is 4.24. The Balaban J connectivity index is 1.67. The first-order valence-corrected chi connectivity index (χ1v) is 13.4. The van der Waals surface area contributed by atoms with Crippen LogP contribution in [0, 0.1) is 13.8 Å². The summed E-state index contributed by atoms with van der Waals surface area (Å²) in [7, 11) is -1.88. The molecule has 0 aliphatic carbocycles. The highest BCUT2D eigenvalue weighted by atomic mass is 32.2. The Hall–Kier alpha value is -2.33. The summed E-state index contributed by atoms with van der Waals surface area (Å²) in [5, 5.41) is 0. The van der Waals surface area contributed by atoms with Gasteiger partial charge in [-0.3, -0.25) is 4.79 Å². The van der Waals surface area contributed by atoms with E-state index in [0.29, 0.717) is 36.6 Å². The minimum Gasteiger partial charge on any atom is -0.383 e. The van der Waals surface area contributed by atoms with Crippen LogP contribution in [0.25, 0.3) is 10.2 Å². The molecule has 1 aromatic heterocycles. The molecule has 3 aromatic rings. The van der Waals surface area contributed by atoms with Gasteiger partial charge in [-0.15, -0.1) is 0 Å². The van der Waals surface area contributed by atoms with E-state index in [4.69, 9.17) is 4.74 Å². The lowest BCUT2D eigenvalue weighted by molar-refractivity contribution is 0.0997. The monoisotopic (exact) mass is 487 g/mol. The molecule has 2 heterocycles. The van der Waals surface area contributed by atoms with Crippen molar-refractivity contribution < 1.29 is 17.9 Å². The van der Waals surface area contributed by atoms with Gasteiger partial charge in [0.1, 0.15) is 0 Å². The van der Waals surface area contributed by atoms with Crippen molar-refractivity contribution in [3.05, 3.63) is 57.9 Å². The van der Waals surface area contributed by atoms with Crippen LogP contribution in [0.5, 0.6) is 0 Å². The van der Waals surface area contributed by atoms with E-state index in [1.165, 1.54) is 27.8 Å². The maximum atomic E-state index is 13.0. The topological polar surface area (TPSA) is 81.0 Å². The molecule has 0 radical (unpaired) electrons. The van der Waals surface area contributed by atoms with Crippen LogP contribution in [-0.4, -0.2) is 50.0 Å². The minimum atomic E-state index is -3.53. The molecule has 1 fully saturated rings. The smallest absolute Gasteiger partial charge is 0.279 e. The Kier molecular flexibility index (Phi) is 7.13. The zero-order valence-electron chi connectivity index (χ0n) is 19.2. The highest BCUT2D eigenvalue weighted by Crippen LogP contribution is 2.24. The average Bonchev–Trinajstić information content (AvgIpc) is 3.15. The number of rotatable bonds is 6. The predicted molar refractivity (Wildman–Crippen MR) is 130 cm³/mol. The summed E-state index contributed by atoms with van der Waals surface area (Å²) in [5.41, 5.74) is 3.69. The van der Waals surface area contributed by atoms with Crippen LogP contribution < -0.4 is 4.80 Å². The first-order valence-electron chi connectivity index (χ1n) is 11.1. The SMILES string of the molecule is COCCn1c(=NC(=O)c2ccc(S(=O)(=O)N3CCCCC3)cc2)sc2cc(C)cc(C)c21. The molecule has 2 aromatic carbocycles. The van der Waals surface area contributed by atoms with Crippen LogP contribution in [-0.2, 0) is 21.3 Å². The summed E-state index contributed by atoms with van der Waals surface area (Å²) in [6.45, 7) is 6.28. The molecule has 9 heteroatoms. The molecule has 1 aliphatic heterocycles. The summed E-state index contributed by atoms with van der Waals surface area (Å²) in [6, 6.07) is 10.3. The standard InChI is InChI=1S/C24H29N3O4S2/c1-17-15-18(2)22-21(16-17)32-24(27(22)13-14-31-3)25-23(28)19-7-9-20(10-8-19)33(29,30)26-11-5-4-6-12-26/h7-10,15-16H,4-6,11-14H2,1-3H3. The second-order valence-electron chi connectivity index (χ2n) is 8.36. The van der Waals surface area contributed by atoms with Gasteiger partial charge in [-0.05, 0) is 68.1 Å². The molecule has 176 valence electrons. The molecule has 0 atom stereocenters. The van der Waals surface area contributed by atoms with E-state index >= 15 is 0 Å². The number of aryl methyl sites for hydroxylation is 2. The third-order valence-electron chi connectivity index (χ3n) is 5.88. The summed E-state index contributed by atoms with van der Waals surface area (Å²) in [5.74, 6) is -0.399. The molecular weight excluding hydrogens is 458 g/mol. The Morgan fingerprint density at radius 1 is 1.09 bits per heavy atom. The number of fused-ring (bicyclic) bond motifs is 1. The third-order valence-corrected chi connectivity index (χ3v) is 8.82. The van der Waals surface area contributed by atoms with Crippen molar-refractivity contribution in [3.8, 4) is 0 Å². The van der Waals surface area contributed by atoms with Crippen molar-refractivity contribution in [2.24, 2.45) is 4.99 Å². The quantitative estimate of drug-likeness (QED) is 0.528. The lowest BCUT2D eigenvalue weighted by atomic mass is 10.1. The van der Waals surface area contributed by atoms with Crippen LogP contribution in [0.3, 0.4) is 0 Å². The van der Waals surface area contributed by atoms with Crippen molar-refractivity contribution in [1.82, 2.24) is 8.87 Å². The maximum Gasteiger partial charge on any atom is 0.279 e. The van der Waals surface area contributed by atoms with Gasteiger partial charge in [0.05, 0.1) is 21.7 Å². The maximum absolute atomic E-state index is 13.0. The predicted octanol–water partition coefficient (Wildman–Crippen LogP) is 3.88. The lowest BCUT2D eigenvalue weighted by Crippen LogP contribution is -2.35. The van der Waals surface area contributed by atoms with Gasteiger partial charge in [0.25, 0.3) is 5.91 Å². The van der Waals surface area contributed by atoms with Crippen molar-refractivity contribution in [1.29, 1.82) is 0 Å². The second-order valence-corrected chi connectivity index (χ2v) is 11.3. The summed E-state index contributed by atoms with van der Waals surface area (Å²) < 4.78 is 35.6. The number of thiazole rings is 1. The molecule has 33 heavy (non-hydrogen) atoms.